The molecule has 0 aliphatic rings. The summed E-state index contributed by atoms with van der Waals surface area (Å²) in [6, 6.07) is 13.3. The summed E-state index contributed by atoms with van der Waals surface area (Å²) in [6.07, 6.45) is 0. The van der Waals surface area contributed by atoms with E-state index in [-0.39, 0.29) is 0 Å². The van der Waals surface area contributed by atoms with Crippen LogP contribution in [-0.4, -0.2) is 13.0 Å². The maximum atomic E-state index is 11.3. The average molecular weight is 255 g/mol. The first-order valence-electron chi connectivity index (χ1n) is 5.99. The van der Waals surface area contributed by atoms with Gasteiger partial charge in [-0.3, -0.25) is 4.79 Å². The van der Waals surface area contributed by atoms with Crippen LogP contribution in [0.25, 0.3) is 0 Å². The number of primary amides is 1. The lowest BCUT2D eigenvalue weighted by Gasteiger charge is -2.22. The van der Waals surface area contributed by atoms with Crippen molar-refractivity contribution < 1.29 is 4.79 Å². The highest BCUT2D eigenvalue weighted by Gasteiger charge is 2.13. The summed E-state index contributed by atoms with van der Waals surface area (Å²) in [5, 5.41) is 0. The second kappa shape index (κ2) is 5.02. The summed E-state index contributed by atoms with van der Waals surface area (Å²) in [6.45, 7) is 2.03. The van der Waals surface area contributed by atoms with E-state index in [4.69, 9.17) is 11.5 Å². The molecule has 0 saturated heterocycles. The molecule has 98 valence electrons. The number of carbonyl (C=O) groups excluding carboxylic acids is 1. The number of nitrogen functional groups attached to an aromatic ring is 1. The van der Waals surface area contributed by atoms with Gasteiger partial charge in [0.15, 0.2) is 0 Å². The van der Waals surface area contributed by atoms with Gasteiger partial charge in [0.05, 0.1) is 16.9 Å². The Morgan fingerprint density at radius 1 is 1.11 bits per heavy atom. The van der Waals surface area contributed by atoms with Crippen LogP contribution in [0.4, 0.5) is 17.1 Å². The molecule has 1 amide bonds. The first kappa shape index (κ1) is 13.0. The molecule has 0 heterocycles. The number of aryl methyl sites for hydroxylation is 1. The van der Waals surface area contributed by atoms with Gasteiger partial charge in [-0.2, -0.15) is 0 Å². The lowest BCUT2D eigenvalue weighted by Crippen LogP contribution is -2.17. The summed E-state index contributed by atoms with van der Waals surface area (Å²) < 4.78 is 0. The highest BCUT2D eigenvalue weighted by molar-refractivity contribution is 6.01. The number of carbonyl (C=O) groups is 1. The number of hydrogen-bond donors (Lipinski definition) is 2. The minimum atomic E-state index is -0.517. The van der Waals surface area contributed by atoms with Crippen molar-refractivity contribution in [2.75, 3.05) is 17.7 Å². The summed E-state index contributed by atoms with van der Waals surface area (Å²) in [5.74, 6) is -0.517. The van der Waals surface area contributed by atoms with Gasteiger partial charge in [-0.05, 0) is 31.2 Å². The van der Waals surface area contributed by atoms with Gasteiger partial charge in [-0.25, -0.2) is 0 Å². The molecule has 0 aromatic heterocycles. The predicted octanol–water partition coefficient (Wildman–Crippen LogP) is 2.44. The van der Waals surface area contributed by atoms with Crippen molar-refractivity contribution >= 4 is 23.0 Å². The molecule has 0 unspecified atom stereocenters. The van der Waals surface area contributed by atoms with Crippen molar-refractivity contribution in [3.63, 3.8) is 0 Å². The van der Waals surface area contributed by atoms with E-state index in [1.54, 1.807) is 12.1 Å². The second-order valence-corrected chi connectivity index (χ2v) is 4.50. The number of hydrogen-bond acceptors (Lipinski definition) is 3. The van der Waals surface area contributed by atoms with Gasteiger partial charge in [0.25, 0.3) is 5.91 Å². The van der Waals surface area contributed by atoms with E-state index in [9.17, 15) is 4.79 Å². The summed E-state index contributed by atoms with van der Waals surface area (Å²) >= 11 is 0. The Bertz CT molecular complexity index is 605. The van der Waals surface area contributed by atoms with Crippen LogP contribution in [0.15, 0.2) is 42.5 Å². The summed E-state index contributed by atoms with van der Waals surface area (Å²) in [7, 11) is 1.90. The van der Waals surface area contributed by atoms with E-state index in [0.717, 1.165) is 11.4 Å². The van der Waals surface area contributed by atoms with Crippen molar-refractivity contribution in [1.82, 2.24) is 0 Å². The van der Waals surface area contributed by atoms with Crippen LogP contribution < -0.4 is 16.4 Å². The normalized spacial score (nSPS) is 10.2. The van der Waals surface area contributed by atoms with Crippen molar-refractivity contribution in [1.29, 1.82) is 0 Å². The summed E-state index contributed by atoms with van der Waals surface area (Å²) in [5.41, 5.74) is 15.0. The highest BCUT2D eigenvalue weighted by Crippen LogP contribution is 2.31. The van der Waals surface area contributed by atoms with Crippen molar-refractivity contribution in [2.45, 2.75) is 6.92 Å². The summed E-state index contributed by atoms with van der Waals surface area (Å²) in [4.78, 5) is 13.2. The molecule has 2 aromatic carbocycles. The lowest BCUT2D eigenvalue weighted by atomic mass is 10.1. The Morgan fingerprint density at radius 2 is 1.74 bits per heavy atom. The van der Waals surface area contributed by atoms with Crippen LogP contribution >= 0.6 is 0 Å². The lowest BCUT2D eigenvalue weighted by molar-refractivity contribution is 0.100. The Morgan fingerprint density at radius 3 is 2.32 bits per heavy atom. The molecule has 0 spiro atoms. The van der Waals surface area contributed by atoms with E-state index in [1.807, 2.05) is 49.2 Å². The van der Waals surface area contributed by atoms with E-state index >= 15 is 0 Å². The molecule has 4 heteroatoms. The van der Waals surface area contributed by atoms with Crippen LogP contribution in [0.2, 0.25) is 0 Å². The predicted molar refractivity (Wildman–Crippen MR) is 78.6 cm³/mol. The third-order valence-corrected chi connectivity index (χ3v) is 3.13. The number of nitrogens with two attached hydrogens (primary N) is 2. The molecule has 0 radical (unpaired) electrons. The number of benzene rings is 2. The molecule has 0 bridgehead atoms. The number of rotatable bonds is 3. The minimum Gasteiger partial charge on any atom is -0.396 e. The second-order valence-electron chi connectivity index (χ2n) is 4.50. The zero-order valence-corrected chi connectivity index (χ0v) is 11.1. The molecule has 4 N–H and O–H groups in total. The fourth-order valence-corrected chi connectivity index (χ4v) is 1.97. The SMILES string of the molecule is Cc1ccc(N(C)c2cccc(C(N)=O)c2N)cc1. The molecular weight excluding hydrogens is 238 g/mol. The average Bonchev–Trinajstić information content (AvgIpc) is 2.38. The van der Waals surface area contributed by atoms with Crippen LogP contribution in [0, 0.1) is 6.92 Å². The standard InChI is InChI=1S/C15H17N3O/c1-10-6-8-11(9-7-10)18(2)13-5-3-4-12(14(13)16)15(17)19/h3-9H,16H2,1-2H3,(H2,17,19). The van der Waals surface area contributed by atoms with Gasteiger partial charge in [0.2, 0.25) is 0 Å². The molecule has 2 rings (SSSR count). The van der Waals surface area contributed by atoms with E-state index in [2.05, 4.69) is 0 Å². The van der Waals surface area contributed by atoms with Gasteiger partial charge in [-0.1, -0.05) is 23.8 Å². The zero-order chi connectivity index (χ0) is 14.0. The molecule has 2 aromatic rings. The first-order chi connectivity index (χ1) is 9.00. The van der Waals surface area contributed by atoms with Crippen LogP contribution in [0.1, 0.15) is 15.9 Å². The molecule has 0 aliphatic carbocycles. The fourth-order valence-electron chi connectivity index (χ4n) is 1.97. The number of anilines is 3. The maximum Gasteiger partial charge on any atom is 0.250 e. The number of amides is 1. The molecule has 0 saturated carbocycles. The molecule has 4 nitrogen and oxygen atoms in total. The van der Waals surface area contributed by atoms with Crippen molar-refractivity contribution in [3.05, 3.63) is 53.6 Å². The van der Waals surface area contributed by atoms with Gasteiger partial charge in [0, 0.05) is 12.7 Å². The third kappa shape index (κ3) is 2.52. The monoisotopic (exact) mass is 255 g/mol. The largest absolute Gasteiger partial charge is 0.396 e. The molecular formula is C15H17N3O. The molecule has 0 fully saturated rings. The fraction of sp³-hybridized carbons (Fsp3) is 0.133. The quantitative estimate of drug-likeness (QED) is 0.827. The third-order valence-electron chi connectivity index (χ3n) is 3.13. The topological polar surface area (TPSA) is 72.3 Å². The zero-order valence-electron chi connectivity index (χ0n) is 11.1. The maximum absolute atomic E-state index is 11.3. The Kier molecular flexibility index (Phi) is 3.42. The molecule has 0 aliphatic heterocycles. The van der Waals surface area contributed by atoms with Crippen molar-refractivity contribution in [2.24, 2.45) is 5.73 Å². The van der Waals surface area contributed by atoms with Gasteiger partial charge in [0.1, 0.15) is 0 Å². The minimum absolute atomic E-state index is 0.344. The molecule has 0 atom stereocenters. The van der Waals surface area contributed by atoms with Crippen LogP contribution in [-0.2, 0) is 0 Å². The van der Waals surface area contributed by atoms with E-state index in [0.29, 0.717) is 11.3 Å². The smallest absolute Gasteiger partial charge is 0.250 e. The Balaban J connectivity index is 2.44. The number of nitrogens with zero attached hydrogens (tertiary/aromatic N) is 1. The molecule has 19 heavy (non-hydrogen) atoms. The Labute approximate surface area is 112 Å². The van der Waals surface area contributed by atoms with E-state index < -0.39 is 5.91 Å². The van der Waals surface area contributed by atoms with E-state index in [1.165, 1.54) is 5.56 Å². The van der Waals surface area contributed by atoms with Gasteiger partial charge < -0.3 is 16.4 Å². The van der Waals surface area contributed by atoms with Gasteiger partial charge in [-0.15, -0.1) is 0 Å². The number of para-hydroxylation sites is 1. The van der Waals surface area contributed by atoms with Crippen LogP contribution in [0.3, 0.4) is 0 Å². The van der Waals surface area contributed by atoms with Crippen LogP contribution in [0.5, 0.6) is 0 Å². The van der Waals surface area contributed by atoms with Crippen molar-refractivity contribution in [3.8, 4) is 0 Å². The Hall–Kier alpha value is -2.49. The highest BCUT2D eigenvalue weighted by atomic mass is 16.1. The first-order valence-corrected chi connectivity index (χ1v) is 5.99. The van der Waals surface area contributed by atoms with Gasteiger partial charge >= 0.3 is 0 Å².